The number of rotatable bonds is 4. The van der Waals surface area contributed by atoms with E-state index >= 15 is 0 Å². The van der Waals surface area contributed by atoms with Crippen LogP contribution < -0.4 is 5.32 Å². The molecule has 0 spiro atoms. The number of nitrogens with one attached hydrogen (secondary N) is 1. The monoisotopic (exact) mass is 282 g/mol. The Bertz CT molecular complexity index is 543. The number of halogens is 1. The van der Waals surface area contributed by atoms with Gasteiger partial charge in [0.1, 0.15) is 5.75 Å². The Morgan fingerprint density at radius 2 is 2.33 bits per heavy atom. The highest BCUT2D eigenvalue weighted by molar-refractivity contribution is 7.07. The van der Waals surface area contributed by atoms with Crippen molar-refractivity contribution in [2.24, 2.45) is 0 Å². The lowest BCUT2D eigenvalue weighted by atomic mass is 10.2. The Morgan fingerprint density at radius 3 is 3.06 bits per heavy atom. The van der Waals surface area contributed by atoms with Gasteiger partial charge < -0.3 is 10.4 Å². The van der Waals surface area contributed by atoms with Crippen molar-refractivity contribution < 1.29 is 9.90 Å². The number of hydrogen-bond acceptors (Lipinski definition) is 4. The van der Waals surface area contributed by atoms with Gasteiger partial charge in [-0.25, -0.2) is 4.98 Å². The fraction of sp³-hybridized carbons (Fsp3) is 0.167. The fourth-order valence-corrected chi connectivity index (χ4v) is 2.22. The maximum atomic E-state index is 11.8. The molecule has 0 bridgehead atoms. The van der Waals surface area contributed by atoms with E-state index in [2.05, 4.69) is 10.3 Å². The first-order valence-corrected chi connectivity index (χ1v) is 6.62. The van der Waals surface area contributed by atoms with Crippen LogP contribution in [0.4, 0.5) is 0 Å². The highest BCUT2D eigenvalue weighted by Gasteiger charge is 2.11. The molecule has 0 aliphatic rings. The van der Waals surface area contributed by atoms with Crippen LogP contribution in [0.5, 0.6) is 5.75 Å². The van der Waals surface area contributed by atoms with Gasteiger partial charge >= 0.3 is 0 Å². The molecule has 0 aliphatic carbocycles. The molecule has 0 saturated carbocycles. The predicted molar refractivity (Wildman–Crippen MR) is 71.3 cm³/mol. The van der Waals surface area contributed by atoms with Crippen molar-refractivity contribution in [3.05, 3.63) is 45.4 Å². The summed E-state index contributed by atoms with van der Waals surface area (Å²) in [4.78, 5) is 15.9. The number of phenols is 1. The molecule has 1 aromatic heterocycles. The minimum atomic E-state index is -0.342. The first kappa shape index (κ1) is 12.9. The van der Waals surface area contributed by atoms with Gasteiger partial charge in [0.05, 0.1) is 16.8 Å². The Balaban J connectivity index is 1.93. The lowest BCUT2D eigenvalue weighted by Crippen LogP contribution is -2.25. The van der Waals surface area contributed by atoms with Crippen LogP contribution in [0.25, 0.3) is 0 Å². The van der Waals surface area contributed by atoms with Crippen LogP contribution in [0.3, 0.4) is 0 Å². The standard InChI is InChI=1S/C12H11ClN2O2S/c13-8-1-2-11(16)10(5-8)12(17)14-4-3-9-6-18-7-15-9/h1-2,5-7,16H,3-4H2,(H,14,17). The molecule has 0 fully saturated rings. The largest absolute Gasteiger partial charge is 0.507 e. The molecule has 1 heterocycles. The van der Waals surface area contributed by atoms with E-state index in [1.54, 1.807) is 5.51 Å². The summed E-state index contributed by atoms with van der Waals surface area (Å²) in [6.45, 7) is 0.467. The van der Waals surface area contributed by atoms with Crippen molar-refractivity contribution in [1.82, 2.24) is 10.3 Å². The smallest absolute Gasteiger partial charge is 0.255 e. The molecule has 0 atom stereocenters. The number of carbonyl (C=O) groups is 1. The Kier molecular flexibility index (Phi) is 4.17. The summed E-state index contributed by atoms with van der Waals surface area (Å²) >= 11 is 7.29. The molecule has 0 aliphatic heterocycles. The van der Waals surface area contributed by atoms with Crippen LogP contribution in [0.15, 0.2) is 29.1 Å². The molecule has 1 aromatic carbocycles. The van der Waals surface area contributed by atoms with Gasteiger partial charge in [-0.1, -0.05) is 11.6 Å². The van der Waals surface area contributed by atoms with Crippen LogP contribution in [0, 0.1) is 0 Å². The number of benzene rings is 1. The number of phenolic OH excluding ortho intramolecular Hbond substituents is 1. The van der Waals surface area contributed by atoms with Crippen LogP contribution >= 0.6 is 22.9 Å². The molecular weight excluding hydrogens is 272 g/mol. The third kappa shape index (κ3) is 3.21. The van der Waals surface area contributed by atoms with Crippen molar-refractivity contribution >= 4 is 28.8 Å². The van der Waals surface area contributed by atoms with E-state index in [0.717, 1.165) is 5.69 Å². The van der Waals surface area contributed by atoms with Gasteiger partial charge in [0.2, 0.25) is 0 Å². The number of aromatic hydroxyl groups is 1. The molecule has 6 heteroatoms. The average Bonchev–Trinajstić information content (AvgIpc) is 2.85. The third-order valence-corrected chi connectivity index (χ3v) is 3.22. The Hall–Kier alpha value is -1.59. The minimum absolute atomic E-state index is 0.0782. The van der Waals surface area contributed by atoms with Gasteiger partial charge in [0.25, 0.3) is 5.91 Å². The van der Waals surface area contributed by atoms with E-state index in [9.17, 15) is 9.90 Å². The Labute approximate surface area is 113 Å². The maximum absolute atomic E-state index is 11.8. The zero-order valence-corrected chi connectivity index (χ0v) is 11.0. The third-order valence-electron chi connectivity index (χ3n) is 2.35. The van der Waals surface area contributed by atoms with E-state index in [-0.39, 0.29) is 17.2 Å². The van der Waals surface area contributed by atoms with Gasteiger partial charge in [-0.05, 0) is 18.2 Å². The molecule has 2 rings (SSSR count). The molecule has 1 amide bonds. The second-order valence-electron chi connectivity index (χ2n) is 3.65. The molecule has 0 saturated heterocycles. The van der Waals surface area contributed by atoms with E-state index in [1.165, 1.54) is 29.5 Å². The van der Waals surface area contributed by atoms with E-state index in [4.69, 9.17) is 11.6 Å². The summed E-state index contributed by atoms with van der Waals surface area (Å²) in [6.07, 6.45) is 0.663. The number of nitrogens with zero attached hydrogens (tertiary/aromatic N) is 1. The van der Waals surface area contributed by atoms with Crippen molar-refractivity contribution in [3.63, 3.8) is 0 Å². The van der Waals surface area contributed by atoms with Crippen molar-refractivity contribution in [1.29, 1.82) is 0 Å². The molecule has 18 heavy (non-hydrogen) atoms. The summed E-state index contributed by atoms with van der Waals surface area (Å²) in [5.41, 5.74) is 2.87. The SMILES string of the molecule is O=C(NCCc1cscn1)c1cc(Cl)ccc1O. The summed E-state index contributed by atoms with van der Waals surface area (Å²) in [6, 6.07) is 4.37. The second-order valence-corrected chi connectivity index (χ2v) is 4.80. The zero-order chi connectivity index (χ0) is 13.0. The van der Waals surface area contributed by atoms with E-state index < -0.39 is 0 Å². The van der Waals surface area contributed by atoms with Crippen molar-refractivity contribution in [2.45, 2.75) is 6.42 Å². The molecule has 0 unspecified atom stereocenters. The van der Waals surface area contributed by atoms with Gasteiger partial charge in [0.15, 0.2) is 0 Å². The molecule has 2 aromatic rings. The van der Waals surface area contributed by atoms with Crippen LogP contribution in [-0.2, 0) is 6.42 Å². The predicted octanol–water partition coefficient (Wildman–Crippen LogP) is 2.47. The van der Waals surface area contributed by atoms with Crippen LogP contribution in [0.1, 0.15) is 16.1 Å². The van der Waals surface area contributed by atoms with Gasteiger partial charge in [-0.3, -0.25) is 4.79 Å². The van der Waals surface area contributed by atoms with Gasteiger partial charge in [-0.2, -0.15) is 0 Å². The lowest BCUT2D eigenvalue weighted by molar-refractivity contribution is 0.0951. The summed E-state index contributed by atoms with van der Waals surface area (Å²) in [5, 5.41) is 14.6. The van der Waals surface area contributed by atoms with Crippen LogP contribution in [-0.4, -0.2) is 22.5 Å². The molecule has 4 nitrogen and oxygen atoms in total. The average molecular weight is 283 g/mol. The number of carbonyl (C=O) groups excluding carboxylic acids is 1. The highest BCUT2D eigenvalue weighted by Crippen LogP contribution is 2.21. The maximum Gasteiger partial charge on any atom is 0.255 e. The number of amides is 1. The van der Waals surface area contributed by atoms with Crippen molar-refractivity contribution in [2.75, 3.05) is 6.54 Å². The zero-order valence-electron chi connectivity index (χ0n) is 9.39. The van der Waals surface area contributed by atoms with Crippen molar-refractivity contribution in [3.8, 4) is 5.75 Å². The number of hydrogen-bond donors (Lipinski definition) is 2. The summed E-state index contributed by atoms with van der Waals surface area (Å²) in [5.74, 6) is -0.421. The Morgan fingerprint density at radius 1 is 1.50 bits per heavy atom. The van der Waals surface area contributed by atoms with Gasteiger partial charge in [0, 0.05) is 23.4 Å². The second kappa shape index (κ2) is 5.84. The molecular formula is C12H11ClN2O2S. The molecule has 2 N–H and O–H groups in total. The molecule has 94 valence electrons. The summed E-state index contributed by atoms with van der Waals surface area (Å²) in [7, 11) is 0. The quantitative estimate of drug-likeness (QED) is 0.905. The van der Waals surface area contributed by atoms with Crippen LogP contribution in [0.2, 0.25) is 5.02 Å². The number of aromatic nitrogens is 1. The topological polar surface area (TPSA) is 62.2 Å². The summed E-state index contributed by atoms with van der Waals surface area (Å²) < 4.78 is 0. The highest BCUT2D eigenvalue weighted by atomic mass is 35.5. The van der Waals surface area contributed by atoms with E-state index in [0.29, 0.717) is 18.0 Å². The van der Waals surface area contributed by atoms with E-state index in [1.807, 2.05) is 5.38 Å². The first-order chi connectivity index (χ1) is 8.66. The number of thiazole rings is 1. The fourth-order valence-electron chi connectivity index (χ4n) is 1.45. The minimum Gasteiger partial charge on any atom is -0.507 e. The molecule has 0 radical (unpaired) electrons. The normalized spacial score (nSPS) is 10.3. The first-order valence-electron chi connectivity index (χ1n) is 5.30. The lowest BCUT2D eigenvalue weighted by Gasteiger charge is -2.06. The van der Waals surface area contributed by atoms with Gasteiger partial charge in [-0.15, -0.1) is 11.3 Å².